The van der Waals surface area contributed by atoms with Gasteiger partial charge < -0.3 is 19.3 Å². The number of hydrogen-bond acceptors (Lipinski definition) is 5. The van der Waals surface area contributed by atoms with Crippen molar-refractivity contribution >= 4 is 23.4 Å². The molecule has 0 radical (unpaired) electrons. The average Bonchev–Trinajstić information content (AvgIpc) is 2.71. The standard InChI is InChI=1S/C21H26N2O3S/c1-4-23-14-17(26-20-8-6-5-7-19(20)23)13-22(2)21(24)15-27-18-11-9-16(25-3)10-12-18/h5-12,17H,4,13-15H2,1-3H3/t17-/m0/s1. The largest absolute Gasteiger partial charge is 0.497 e. The lowest BCUT2D eigenvalue weighted by Gasteiger charge is -2.37. The van der Waals surface area contributed by atoms with Crippen LogP contribution in [0.3, 0.4) is 0 Å². The van der Waals surface area contributed by atoms with E-state index in [2.05, 4.69) is 17.9 Å². The van der Waals surface area contributed by atoms with Gasteiger partial charge >= 0.3 is 0 Å². The van der Waals surface area contributed by atoms with E-state index < -0.39 is 0 Å². The molecule has 1 atom stereocenters. The molecule has 1 aliphatic heterocycles. The van der Waals surface area contributed by atoms with Crippen LogP contribution in [0.5, 0.6) is 11.5 Å². The van der Waals surface area contributed by atoms with E-state index in [0.29, 0.717) is 12.3 Å². The van der Waals surface area contributed by atoms with E-state index in [0.717, 1.165) is 35.2 Å². The van der Waals surface area contributed by atoms with E-state index in [1.54, 1.807) is 12.0 Å². The van der Waals surface area contributed by atoms with Crippen LogP contribution in [0.25, 0.3) is 0 Å². The molecule has 2 aromatic rings. The summed E-state index contributed by atoms with van der Waals surface area (Å²) >= 11 is 1.53. The third-order valence-corrected chi connectivity index (χ3v) is 5.63. The van der Waals surface area contributed by atoms with Crippen molar-refractivity contribution in [3.63, 3.8) is 0 Å². The van der Waals surface area contributed by atoms with Gasteiger partial charge in [0.25, 0.3) is 0 Å². The Hall–Kier alpha value is -2.34. The van der Waals surface area contributed by atoms with Gasteiger partial charge in [0, 0.05) is 18.5 Å². The van der Waals surface area contributed by atoms with Crippen molar-refractivity contribution in [2.24, 2.45) is 0 Å². The Kier molecular flexibility index (Phi) is 6.50. The second kappa shape index (κ2) is 9.04. The van der Waals surface area contributed by atoms with Crippen LogP contribution in [0.4, 0.5) is 5.69 Å². The first-order valence-corrected chi connectivity index (χ1v) is 10.1. The highest BCUT2D eigenvalue weighted by molar-refractivity contribution is 8.00. The van der Waals surface area contributed by atoms with E-state index in [1.807, 2.05) is 49.5 Å². The topological polar surface area (TPSA) is 42.0 Å². The first-order valence-electron chi connectivity index (χ1n) is 9.12. The Labute approximate surface area is 165 Å². The zero-order valence-electron chi connectivity index (χ0n) is 16.1. The number of ether oxygens (including phenoxy) is 2. The van der Waals surface area contributed by atoms with Gasteiger partial charge in [0.05, 0.1) is 31.6 Å². The Morgan fingerprint density at radius 3 is 2.70 bits per heavy atom. The summed E-state index contributed by atoms with van der Waals surface area (Å²) in [6, 6.07) is 15.8. The first kappa shape index (κ1) is 19.4. The summed E-state index contributed by atoms with van der Waals surface area (Å²) in [5.41, 5.74) is 1.13. The normalized spacial score (nSPS) is 15.7. The molecule has 144 valence electrons. The molecule has 0 saturated carbocycles. The molecule has 5 nitrogen and oxygen atoms in total. The van der Waals surface area contributed by atoms with Crippen LogP contribution in [0.1, 0.15) is 6.92 Å². The zero-order valence-corrected chi connectivity index (χ0v) is 16.9. The van der Waals surface area contributed by atoms with Crippen molar-refractivity contribution in [3.8, 4) is 11.5 Å². The predicted octanol–water partition coefficient (Wildman–Crippen LogP) is 3.53. The van der Waals surface area contributed by atoms with Crippen molar-refractivity contribution in [2.75, 3.05) is 44.4 Å². The van der Waals surface area contributed by atoms with Crippen molar-refractivity contribution in [3.05, 3.63) is 48.5 Å². The fraction of sp³-hybridized carbons (Fsp3) is 0.381. The lowest BCUT2D eigenvalue weighted by molar-refractivity contribution is -0.128. The molecule has 2 aromatic carbocycles. The summed E-state index contributed by atoms with van der Waals surface area (Å²) in [7, 11) is 3.49. The number of nitrogens with zero attached hydrogens (tertiary/aromatic N) is 2. The van der Waals surface area contributed by atoms with Gasteiger partial charge in [0.2, 0.25) is 5.91 Å². The summed E-state index contributed by atoms with van der Waals surface area (Å²) in [5.74, 6) is 2.22. The number of hydrogen-bond donors (Lipinski definition) is 0. The van der Waals surface area contributed by atoms with Crippen LogP contribution in [0, 0.1) is 0 Å². The van der Waals surface area contributed by atoms with Gasteiger partial charge in [-0.1, -0.05) is 12.1 Å². The molecule has 1 aliphatic rings. The monoisotopic (exact) mass is 386 g/mol. The molecule has 27 heavy (non-hydrogen) atoms. The lowest BCUT2D eigenvalue weighted by Crippen LogP contribution is -2.47. The van der Waals surface area contributed by atoms with Crippen LogP contribution >= 0.6 is 11.8 Å². The van der Waals surface area contributed by atoms with Gasteiger partial charge in [-0.15, -0.1) is 11.8 Å². The number of carbonyl (C=O) groups excluding carboxylic acids is 1. The van der Waals surface area contributed by atoms with E-state index in [9.17, 15) is 4.79 Å². The molecule has 0 unspecified atom stereocenters. The van der Waals surface area contributed by atoms with Crippen molar-refractivity contribution in [1.82, 2.24) is 4.90 Å². The Balaban J connectivity index is 1.53. The average molecular weight is 387 g/mol. The van der Waals surface area contributed by atoms with Gasteiger partial charge in [-0.25, -0.2) is 0 Å². The molecule has 0 aliphatic carbocycles. The van der Waals surface area contributed by atoms with Crippen molar-refractivity contribution in [2.45, 2.75) is 17.9 Å². The maximum absolute atomic E-state index is 12.5. The summed E-state index contributed by atoms with van der Waals surface area (Å²) < 4.78 is 11.3. The Morgan fingerprint density at radius 1 is 1.26 bits per heavy atom. The van der Waals surface area contributed by atoms with Gasteiger partial charge in [0.15, 0.2) is 0 Å². The highest BCUT2D eigenvalue weighted by Crippen LogP contribution is 2.33. The molecular weight excluding hydrogens is 360 g/mol. The lowest BCUT2D eigenvalue weighted by atomic mass is 10.2. The van der Waals surface area contributed by atoms with Gasteiger partial charge in [-0.2, -0.15) is 0 Å². The highest BCUT2D eigenvalue weighted by atomic mass is 32.2. The second-order valence-corrected chi connectivity index (χ2v) is 7.53. The molecule has 0 bridgehead atoms. The number of para-hydroxylation sites is 2. The minimum Gasteiger partial charge on any atom is -0.497 e. The first-order chi connectivity index (χ1) is 13.1. The molecule has 0 saturated heterocycles. The van der Waals surface area contributed by atoms with E-state index in [1.165, 1.54) is 11.8 Å². The predicted molar refractivity (Wildman–Crippen MR) is 110 cm³/mol. The number of carbonyl (C=O) groups is 1. The third kappa shape index (κ3) is 4.89. The van der Waals surface area contributed by atoms with E-state index >= 15 is 0 Å². The number of methoxy groups -OCH3 is 1. The summed E-state index contributed by atoms with van der Waals surface area (Å²) in [4.78, 5) is 17.6. The van der Waals surface area contributed by atoms with Crippen LogP contribution in [0.2, 0.25) is 0 Å². The number of likely N-dealkylation sites (N-methyl/N-ethyl adjacent to an activating group) is 2. The molecule has 1 amide bonds. The molecule has 3 rings (SSSR count). The van der Waals surface area contributed by atoms with Gasteiger partial charge in [0.1, 0.15) is 17.6 Å². The second-order valence-electron chi connectivity index (χ2n) is 6.48. The van der Waals surface area contributed by atoms with E-state index in [4.69, 9.17) is 9.47 Å². The third-order valence-electron chi connectivity index (χ3n) is 4.63. The highest BCUT2D eigenvalue weighted by Gasteiger charge is 2.26. The summed E-state index contributed by atoms with van der Waals surface area (Å²) in [6.07, 6.45) is -0.0280. The number of benzene rings is 2. The van der Waals surface area contributed by atoms with Gasteiger partial charge in [-0.05, 0) is 43.3 Å². The fourth-order valence-electron chi connectivity index (χ4n) is 3.11. The molecule has 0 fully saturated rings. The van der Waals surface area contributed by atoms with Crippen LogP contribution in [-0.2, 0) is 4.79 Å². The van der Waals surface area contributed by atoms with Gasteiger partial charge in [-0.3, -0.25) is 4.79 Å². The molecule has 1 heterocycles. The number of thioether (sulfide) groups is 1. The number of rotatable bonds is 7. The zero-order chi connectivity index (χ0) is 19.2. The molecule has 6 heteroatoms. The summed E-state index contributed by atoms with van der Waals surface area (Å²) in [6.45, 7) is 4.42. The van der Waals surface area contributed by atoms with E-state index in [-0.39, 0.29) is 12.0 Å². The minimum atomic E-state index is -0.0280. The number of amides is 1. The van der Waals surface area contributed by atoms with Crippen LogP contribution < -0.4 is 14.4 Å². The minimum absolute atomic E-state index is 0.0280. The Bertz CT molecular complexity index is 766. The number of anilines is 1. The molecule has 0 spiro atoms. The smallest absolute Gasteiger partial charge is 0.232 e. The molecule has 0 aromatic heterocycles. The van der Waals surface area contributed by atoms with Crippen LogP contribution in [0.15, 0.2) is 53.4 Å². The quantitative estimate of drug-likeness (QED) is 0.681. The number of fused-ring (bicyclic) bond motifs is 1. The van der Waals surface area contributed by atoms with Crippen molar-refractivity contribution < 1.29 is 14.3 Å². The maximum Gasteiger partial charge on any atom is 0.232 e. The van der Waals surface area contributed by atoms with Crippen LogP contribution in [-0.4, -0.2) is 56.5 Å². The molecular formula is C21H26N2O3S. The van der Waals surface area contributed by atoms with Crippen molar-refractivity contribution in [1.29, 1.82) is 0 Å². The Morgan fingerprint density at radius 2 is 2.00 bits per heavy atom. The SMILES string of the molecule is CCN1C[C@H](CN(C)C(=O)CSc2ccc(OC)cc2)Oc2ccccc21. The molecule has 0 N–H and O–H groups in total. The maximum atomic E-state index is 12.5. The summed E-state index contributed by atoms with van der Waals surface area (Å²) in [5, 5.41) is 0. The fourth-order valence-corrected chi connectivity index (χ4v) is 3.95.